The Morgan fingerprint density at radius 3 is 2.35 bits per heavy atom. The highest BCUT2D eigenvalue weighted by Crippen LogP contribution is 2.34. The molecule has 5 heteroatoms. The summed E-state index contributed by atoms with van der Waals surface area (Å²) in [6, 6.07) is 10.1. The van der Waals surface area contributed by atoms with Crippen molar-refractivity contribution in [3.05, 3.63) is 70.7 Å². The number of likely N-dealkylation sites (N-methyl/N-ethyl adjacent to an activating group) is 1. The zero-order valence-electron chi connectivity index (χ0n) is 19.1. The maximum atomic E-state index is 13.5. The van der Waals surface area contributed by atoms with Crippen molar-refractivity contribution in [1.82, 2.24) is 14.8 Å². The summed E-state index contributed by atoms with van der Waals surface area (Å²) in [7, 11) is 0. The highest BCUT2D eigenvalue weighted by atomic mass is 16.2. The zero-order chi connectivity index (χ0) is 22.4. The average Bonchev–Trinajstić information content (AvgIpc) is 3.00. The van der Waals surface area contributed by atoms with E-state index in [4.69, 9.17) is 0 Å². The van der Waals surface area contributed by atoms with Crippen molar-refractivity contribution in [2.75, 3.05) is 19.6 Å². The Morgan fingerprint density at radius 1 is 0.968 bits per heavy atom. The first-order valence-electron chi connectivity index (χ1n) is 11.3. The summed E-state index contributed by atoms with van der Waals surface area (Å²) in [5, 5.41) is 0. The number of hydrogen-bond acceptors (Lipinski definition) is 4. The molecule has 0 unspecified atom stereocenters. The second-order valence-corrected chi connectivity index (χ2v) is 8.20. The van der Waals surface area contributed by atoms with Crippen molar-refractivity contribution in [2.45, 2.75) is 53.4 Å². The monoisotopic (exact) mass is 419 g/mol. The molecule has 0 saturated carbocycles. The zero-order valence-corrected chi connectivity index (χ0v) is 19.1. The molecule has 0 spiro atoms. The molecule has 1 aromatic heterocycles. The van der Waals surface area contributed by atoms with E-state index in [1.165, 1.54) is 10.5 Å². The molecule has 2 heterocycles. The minimum absolute atomic E-state index is 0.160. The van der Waals surface area contributed by atoms with E-state index < -0.39 is 0 Å². The first kappa shape index (κ1) is 22.7. The Bertz CT molecular complexity index is 966. The summed E-state index contributed by atoms with van der Waals surface area (Å²) in [5.74, 6) is -0.321. The van der Waals surface area contributed by atoms with Gasteiger partial charge in [-0.25, -0.2) is 0 Å². The molecule has 164 valence electrons. The van der Waals surface area contributed by atoms with Crippen LogP contribution in [0, 0.1) is 13.8 Å². The van der Waals surface area contributed by atoms with Gasteiger partial charge >= 0.3 is 0 Å². The van der Waals surface area contributed by atoms with E-state index in [-0.39, 0.29) is 11.8 Å². The van der Waals surface area contributed by atoms with Crippen LogP contribution >= 0.6 is 0 Å². The molecule has 1 aliphatic rings. The summed E-state index contributed by atoms with van der Waals surface area (Å²) in [4.78, 5) is 34.5. The van der Waals surface area contributed by atoms with Gasteiger partial charge in [0.2, 0.25) is 0 Å². The van der Waals surface area contributed by atoms with E-state index in [0.29, 0.717) is 30.9 Å². The summed E-state index contributed by atoms with van der Waals surface area (Å²) in [6.45, 7) is 10.0. The van der Waals surface area contributed by atoms with Gasteiger partial charge in [-0.15, -0.1) is 0 Å². The van der Waals surface area contributed by atoms with Crippen molar-refractivity contribution < 1.29 is 9.59 Å². The van der Waals surface area contributed by atoms with Gasteiger partial charge in [0.15, 0.2) is 0 Å². The van der Waals surface area contributed by atoms with E-state index in [1.54, 1.807) is 12.4 Å². The number of imide groups is 1. The molecule has 2 amide bonds. The third kappa shape index (κ3) is 5.04. The van der Waals surface area contributed by atoms with Crippen LogP contribution in [0.5, 0.6) is 0 Å². The molecule has 31 heavy (non-hydrogen) atoms. The van der Waals surface area contributed by atoms with Crippen LogP contribution in [0.1, 0.15) is 55.4 Å². The van der Waals surface area contributed by atoms with Crippen LogP contribution in [0.4, 0.5) is 0 Å². The van der Waals surface area contributed by atoms with Crippen LogP contribution < -0.4 is 0 Å². The average molecular weight is 420 g/mol. The van der Waals surface area contributed by atoms with E-state index in [0.717, 1.165) is 42.4 Å². The number of rotatable bonds is 10. The van der Waals surface area contributed by atoms with Gasteiger partial charge < -0.3 is 4.90 Å². The van der Waals surface area contributed by atoms with Crippen LogP contribution in [-0.2, 0) is 16.0 Å². The lowest BCUT2D eigenvalue weighted by atomic mass is 9.97. The van der Waals surface area contributed by atoms with Gasteiger partial charge in [-0.3, -0.25) is 19.5 Å². The van der Waals surface area contributed by atoms with Gasteiger partial charge in [0, 0.05) is 32.0 Å². The second kappa shape index (κ2) is 10.4. The Hall–Kier alpha value is -2.95. The molecule has 0 bridgehead atoms. The van der Waals surface area contributed by atoms with Crippen molar-refractivity contribution in [3.63, 3.8) is 0 Å². The van der Waals surface area contributed by atoms with Crippen LogP contribution in [0.25, 0.3) is 5.57 Å². The quantitative estimate of drug-likeness (QED) is 0.419. The molecule has 0 saturated heterocycles. The van der Waals surface area contributed by atoms with Gasteiger partial charge in [-0.1, -0.05) is 43.5 Å². The predicted octanol–water partition coefficient (Wildman–Crippen LogP) is 4.53. The fourth-order valence-corrected chi connectivity index (χ4v) is 4.16. The lowest BCUT2D eigenvalue weighted by molar-refractivity contribution is -0.137. The van der Waals surface area contributed by atoms with E-state index in [9.17, 15) is 9.59 Å². The predicted molar refractivity (Wildman–Crippen MR) is 124 cm³/mol. The SMILES string of the molecule is CCCCCN1C(=O)C(c2ccc(C)cc2C)=C(N(CC)CCc2ccncc2)C1=O. The topological polar surface area (TPSA) is 53.5 Å². The van der Waals surface area contributed by atoms with Crippen molar-refractivity contribution in [3.8, 4) is 0 Å². The molecule has 1 aliphatic heterocycles. The number of unbranched alkanes of at least 4 members (excludes halogenated alkanes) is 2. The summed E-state index contributed by atoms with van der Waals surface area (Å²) in [6.07, 6.45) is 7.25. The molecule has 2 aromatic rings. The number of amides is 2. The minimum atomic E-state index is -0.162. The maximum Gasteiger partial charge on any atom is 0.277 e. The molecule has 0 radical (unpaired) electrons. The summed E-state index contributed by atoms with van der Waals surface area (Å²) < 4.78 is 0. The van der Waals surface area contributed by atoms with Crippen LogP contribution in [0.3, 0.4) is 0 Å². The Kier molecular flexibility index (Phi) is 7.61. The number of hydrogen-bond donors (Lipinski definition) is 0. The fourth-order valence-electron chi connectivity index (χ4n) is 4.16. The highest BCUT2D eigenvalue weighted by Gasteiger charge is 2.41. The van der Waals surface area contributed by atoms with Crippen molar-refractivity contribution in [2.24, 2.45) is 0 Å². The third-order valence-electron chi connectivity index (χ3n) is 5.90. The van der Waals surface area contributed by atoms with E-state index in [2.05, 4.69) is 22.9 Å². The van der Waals surface area contributed by atoms with Crippen LogP contribution in [-0.4, -0.2) is 46.2 Å². The van der Waals surface area contributed by atoms with Gasteiger partial charge in [-0.05, 0) is 62.4 Å². The Labute approximate surface area is 185 Å². The summed E-state index contributed by atoms with van der Waals surface area (Å²) >= 11 is 0. The number of aryl methyl sites for hydroxylation is 2. The maximum absolute atomic E-state index is 13.5. The molecule has 0 N–H and O–H groups in total. The first-order valence-corrected chi connectivity index (χ1v) is 11.3. The molecule has 0 fully saturated rings. The number of aromatic nitrogens is 1. The summed E-state index contributed by atoms with van der Waals surface area (Å²) in [5.41, 5.74) is 5.29. The number of benzene rings is 1. The van der Waals surface area contributed by atoms with Crippen LogP contribution in [0.15, 0.2) is 48.4 Å². The molecular weight excluding hydrogens is 386 g/mol. The van der Waals surface area contributed by atoms with Gasteiger partial charge in [0.1, 0.15) is 5.70 Å². The molecular formula is C26H33N3O2. The Morgan fingerprint density at radius 2 is 1.71 bits per heavy atom. The van der Waals surface area contributed by atoms with Crippen LogP contribution in [0.2, 0.25) is 0 Å². The van der Waals surface area contributed by atoms with Gasteiger partial charge in [0.25, 0.3) is 11.8 Å². The largest absolute Gasteiger partial charge is 0.366 e. The highest BCUT2D eigenvalue weighted by molar-refractivity contribution is 6.35. The number of pyridine rings is 1. The lowest BCUT2D eigenvalue weighted by Gasteiger charge is -2.25. The number of carbonyl (C=O) groups excluding carboxylic acids is 2. The molecule has 5 nitrogen and oxygen atoms in total. The van der Waals surface area contributed by atoms with E-state index in [1.807, 2.05) is 45.0 Å². The molecule has 3 rings (SSSR count). The fraction of sp³-hybridized carbons (Fsp3) is 0.423. The van der Waals surface area contributed by atoms with E-state index >= 15 is 0 Å². The minimum Gasteiger partial charge on any atom is -0.366 e. The van der Waals surface area contributed by atoms with Gasteiger partial charge in [0.05, 0.1) is 5.57 Å². The second-order valence-electron chi connectivity index (χ2n) is 8.20. The molecule has 0 atom stereocenters. The lowest BCUT2D eigenvalue weighted by Crippen LogP contribution is -2.36. The Balaban J connectivity index is 1.99. The first-order chi connectivity index (χ1) is 15.0. The number of nitrogens with zero attached hydrogens (tertiary/aromatic N) is 3. The van der Waals surface area contributed by atoms with Crippen molar-refractivity contribution >= 4 is 17.4 Å². The smallest absolute Gasteiger partial charge is 0.277 e. The standard InChI is InChI=1S/C26H33N3O2/c1-5-7-8-16-29-25(30)23(22-10-9-19(3)18-20(22)4)24(26(29)31)28(6-2)17-13-21-11-14-27-15-12-21/h9-12,14-15,18H,5-8,13,16-17H2,1-4H3. The normalized spacial score (nSPS) is 14.0. The van der Waals surface area contributed by atoms with Gasteiger partial charge in [-0.2, -0.15) is 0 Å². The molecule has 0 aliphatic carbocycles. The molecule has 1 aromatic carbocycles. The number of carbonyl (C=O) groups is 2. The van der Waals surface area contributed by atoms with Crippen molar-refractivity contribution in [1.29, 1.82) is 0 Å². The third-order valence-corrected chi connectivity index (χ3v) is 5.90.